The van der Waals surface area contributed by atoms with Crippen molar-refractivity contribution in [3.8, 4) is 0 Å². The number of aromatic nitrogens is 2. The van der Waals surface area contributed by atoms with Gasteiger partial charge in [0.05, 0.1) is 12.3 Å². The maximum atomic E-state index is 11.8. The van der Waals surface area contributed by atoms with E-state index in [0.717, 1.165) is 5.56 Å². The van der Waals surface area contributed by atoms with E-state index in [2.05, 4.69) is 10.4 Å². The van der Waals surface area contributed by atoms with Gasteiger partial charge in [-0.05, 0) is 24.6 Å². The van der Waals surface area contributed by atoms with E-state index >= 15 is 0 Å². The predicted molar refractivity (Wildman–Crippen MR) is 86.0 cm³/mol. The zero-order chi connectivity index (χ0) is 16.1. The van der Waals surface area contributed by atoms with Gasteiger partial charge in [-0.3, -0.25) is 9.48 Å². The monoisotopic (exact) mass is 341 g/mol. The molecule has 7 heteroatoms. The van der Waals surface area contributed by atoms with Crippen molar-refractivity contribution in [1.29, 1.82) is 0 Å². The van der Waals surface area contributed by atoms with Gasteiger partial charge in [-0.2, -0.15) is 5.10 Å². The lowest BCUT2D eigenvalue weighted by Gasteiger charge is -2.14. The number of rotatable bonds is 6. The van der Waals surface area contributed by atoms with E-state index in [1.54, 1.807) is 29.1 Å². The zero-order valence-corrected chi connectivity index (χ0v) is 13.6. The van der Waals surface area contributed by atoms with Crippen LogP contribution in [0, 0.1) is 6.92 Å². The van der Waals surface area contributed by atoms with Gasteiger partial charge in [0.1, 0.15) is 0 Å². The average molecular weight is 342 g/mol. The third-order valence-electron chi connectivity index (χ3n) is 3.14. The summed E-state index contributed by atoms with van der Waals surface area (Å²) in [6.07, 6.45) is 3.03. The van der Waals surface area contributed by atoms with Gasteiger partial charge in [0.15, 0.2) is 0 Å². The molecule has 2 aromatic rings. The van der Waals surface area contributed by atoms with Crippen LogP contribution in [-0.2, 0) is 11.3 Å². The molecule has 0 saturated heterocycles. The summed E-state index contributed by atoms with van der Waals surface area (Å²) in [7, 11) is 0. The fourth-order valence-electron chi connectivity index (χ4n) is 1.99. The van der Waals surface area contributed by atoms with Crippen molar-refractivity contribution in [1.82, 2.24) is 15.1 Å². The first-order valence-corrected chi connectivity index (χ1v) is 7.60. The number of nitrogens with zero attached hydrogens (tertiary/aromatic N) is 2. The zero-order valence-electron chi connectivity index (χ0n) is 12.1. The molecule has 1 amide bonds. The molecule has 0 radical (unpaired) electrons. The summed E-state index contributed by atoms with van der Waals surface area (Å²) in [4.78, 5) is 11.8. The Balaban J connectivity index is 1.80. The van der Waals surface area contributed by atoms with Crippen molar-refractivity contribution >= 4 is 29.1 Å². The fraction of sp³-hybridized carbons (Fsp3) is 0.333. The van der Waals surface area contributed by atoms with Crippen LogP contribution in [-0.4, -0.2) is 27.3 Å². The molecule has 0 saturated carbocycles. The smallest absolute Gasteiger partial charge is 0.221 e. The molecule has 0 spiro atoms. The molecule has 0 aliphatic carbocycles. The molecule has 1 aromatic carbocycles. The van der Waals surface area contributed by atoms with Gasteiger partial charge >= 0.3 is 0 Å². The Hall–Kier alpha value is -1.56. The highest BCUT2D eigenvalue weighted by Gasteiger charge is 2.13. The summed E-state index contributed by atoms with van der Waals surface area (Å²) in [5.74, 6) is -0.155. The van der Waals surface area contributed by atoms with Crippen molar-refractivity contribution in [3.63, 3.8) is 0 Å². The van der Waals surface area contributed by atoms with Crippen LogP contribution in [0.1, 0.15) is 23.7 Å². The number of amides is 1. The normalized spacial score (nSPS) is 12.2. The summed E-state index contributed by atoms with van der Waals surface area (Å²) in [6.45, 7) is 2.53. The molecule has 22 heavy (non-hydrogen) atoms. The molecule has 1 heterocycles. The maximum Gasteiger partial charge on any atom is 0.221 e. The molecular formula is C15H17Cl2N3O2. The average Bonchev–Trinajstić information content (AvgIpc) is 2.88. The minimum atomic E-state index is -0.874. The van der Waals surface area contributed by atoms with Gasteiger partial charge in [-0.15, -0.1) is 0 Å². The third-order valence-corrected chi connectivity index (χ3v) is 3.71. The fourth-order valence-corrected chi connectivity index (χ4v) is 2.52. The van der Waals surface area contributed by atoms with E-state index in [1.807, 2.05) is 13.1 Å². The number of hydrogen-bond acceptors (Lipinski definition) is 3. The van der Waals surface area contributed by atoms with Crippen LogP contribution in [0.15, 0.2) is 30.6 Å². The van der Waals surface area contributed by atoms with E-state index in [1.165, 1.54) is 0 Å². The van der Waals surface area contributed by atoms with Crippen LogP contribution in [0.2, 0.25) is 10.0 Å². The topological polar surface area (TPSA) is 67.2 Å². The molecule has 0 bridgehead atoms. The summed E-state index contributed by atoms with van der Waals surface area (Å²) >= 11 is 11.8. The minimum Gasteiger partial charge on any atom is -0.387 e. The van der Waals surface area contributed by atoms with Crippen molar-refractivity contribution < 1.29 is 9.90 Å². The number of hydrogen-bond donors (Lipinski definition) is 2. The number of carbonyl (C=O) groups is 1. The van der Waals surface area contributed by atoms with E-state index in [4.69, 9.17) is 23.2 Å². The molecule has 1 atom stereocenters. The summed E-state index contributed by atoms with van der Waals surface area (Å²) in [5, 5.41) is 17.7. The first-order valence-electron chi connectivity index (χ1n) is 6.84. The van der Waals surface area contributed by atoms with Crippen molar-refractivity contribution in [3.05, 3.63) is 51.8 Å². The van der Waals surface area contributed by atoms with Gasteiger partial charge in [0, 0.05) is 41.3 Å². The summed E-state index contributed by atoms with van der Waals surface area (Å²) < 4.78 is 1.71. The summed E-state index contributed by atoms with van der Waals surface area (Å²) in [6, 6.07) is 4.85. The van der Waals surface area contributed by atoms with Crippen molar-refractivity contribution in [2.45, 2.75) is 26.0 Å². The number of nitrogens with one attached hydrogen (secondary N) is 1. The SMILES string of the molecule is Cc1cnn(CCC(=O)NCC(O)c2ccc(Cl)cc2Cl)c1. The Bertz CT molecular complexity index is 658. The number of carbonyl (C=O) groups excluding carboxylic acids is 1. The van der Waals surface area contributed by atoms with Gasteiger partial charge in [0.2, 0.25) is 5.91 Å². The highest BCUT2D eigenvalue weighted by molar-refractivity contribution is 6.35. The maximum absolute atomic E-state index is 11.8. The van der Waals surface area contributed by atoms with Crippen LogP contribution in [0.3, 0.4) is 0 Å². The third kappa shape index (κ3) is 4.73. The number of halogens is 2. The quantitative estimate of drug-likeness (QED) is 0.848. The lowest BCUT2D eigenvalue weighted by molar-refractivity contribution is -0.121. The molecule has 1 unspecified atom stereocenters. The Morgan fingerprint density at radius 2 is 2.23 bits per heavy atom. The molecule has 2 N–H and O–H groups in total. The number of aliphatic hydroxyl groups excluding tert-OH is 1. The van der Waals surface area contributed by atoms with Gasteiger partial charge in [0.25, 0.3) is 0 Å². The molecule has 0 aliphatic heterocycles. The molecule has 0 aliphatic rings. The van der Waals surface area contributed by atoms with E-state index in [0.29, 0.717) is 28.6 Å². The second-order valence-corrected chi connectivity index (χ2v) is 5.86. The van der Waals surface area contributed by atoms with Crippen molar-refractivity contribution in [2.24, 2.45) is 0 Å². The van der Waals surface area contributed by atoms with E-state index in [9.17, 15) is 9.90 Å². The van der Waals surface area contributed by atoms with Crippen LogP contribution >= 0.6 is 23.2 Å². The highest BCUT2D eigenvalue weighted by atomic mass is 35.5. The van der Waals surface area contributed by atoms with Gasteiger partial charge in [-0.25, -0.2) is 0 Å². The molecular weight excluding hydrogens is 325 g/mol. The lowest BCUT2D eigenvalue weighted by Crippen LogP contribution is -2.29. The first kappa shape index (κ1) is 16.8. The molecule has 118 valence electrons. The largest absolute Gasteiger partial charge is 0.387 e. The molecule has 2 rings (SSSR count). The molecule has 5 nitrogen and oxygen atoms in total. The Morgan fingerprint density at radius 3 is 2.86 bits per heavy atom. The van der Waals surface area contributed by atoms with E-state index < -0.39 is 6.10 Å². The number of aryl methyl sites for hydroxylation is 2. The second kappa shape index (κ2) is 7.63. The first-order chi connectivity index (χ1) is 10.5. The Morgan fingerprint density at radius 1 is 1.45 bits per heavy atom. The predicted octanol–water partition coefficient (Wildman–Crippen LogP) is 2.74. The molecule has 1 aromatic heterocycles. The van der Waals surface area contributed by atoms with Crippen LogP contribution in [0.5, 0.6) is 0 Å². The van der Waals surface area contributed by atoms with Gasteiger partial charge < -0.3 is 10.4 Å². The van der Waals surface area contributed by atoms with Crippen LogP contribution in [0.4, 0.5) is 0 Å². The standard InChI is InChI=1S/C15H17Cl2N3O2/c1-10-7-19-20(9-10)5-4-15(22)18-8-14(21)12-3-2-11(16)6-13(12)17/h2-3,6-7,9,14,21H,4-5,8H2,1H3,(H,18,22). The lowest BCUT2D eigenvalue weighted by atomic mass is 10.1. The Kier molecular flexibility index (Phi) is 5.83. The second-order valence-electron chi connectivity index (χ2n) is 5.02. The number of aliphatic hydroxyl groups is 1. The summed E-state index contributed by atoms with van der Waals surface area (Å²) in [5.41, 5.74) is 1.59. The van der Waals surface area contributed by atoms with Crippen LogP contribution in [0.25, 0.3) is 0 Å². The molecule has 0 fully saturated rings. The number of benzene rings is 1. The minimum absolute atomic E-state index is 0.0956. The van der Waals surface area contributed by atoms with Gasteiger partial charge in [-0.1, -0.05) is 29.3 Å². The van der Waals surface area contributed by atoms with Crippen LogP contribution < -0.4 is 5.32 Å². The van der Waals surface area contributed by atoms with E-state index in [-0.39, 0.29) is 12.5 Å². The Labute approximate surface area is 138 Å². The van der Waals surface area contributed by atoms with Crippen molar-refractivity contribution in [2.75, 3.05) is 6.54 Å². The highest BCUT2D eigenvalue weighted by Crippen LogP contribution is 2.25.